The van der Waals surface area contributed by atoms with E-state index in [4.69, 9.17) is 10.5 Å². The Balaban J connectivity index is 2.35. The molecule has 0 bridgehead atoms. The molecule has 0 fully saturated rings. The summed E-state index contributed by atoms with van der Waals surface area (Å²) in [7, 11) is 0. The van der Waals surface area contributed by atoms with Gasteiger partial charge in [0.2, 0.25) is 5.88 Å². The molecule has 0 amide bonds. The minimum Gasteiger partial charge on any atom is -0.439 e. The van der Waals surface area contributed by atoms with E-state index in [0.717, 1.165) is 10.5 Å². The number of nitrogens with zero attached hydrogens (tertiary/aromatic N) is 1. The molecule has 1 aromatic heterocycles. The number of hydrogen-bond donors (Lipinski definition) is 1. The van der Waals surface area contributed by atoms with E-state index in [1.807, 2.05) is 0 Å². The van der Waals surface area contributed by atoms with Crippen LogP contribution in [0.15, 0.2) is 40.9 Å². The largest absolute Gasteiger partial charge is 0.439 e. The number of benzene rings is 1. The Bertz CT molecular complexity index is 600. The smallest absolute Gasteiger partial charge is 0.433 e. The summed E-state index contributed by atoms with van der Waals surface area (Å²) in [5.74, 6) is 0.249. The van der Waals surface area contributed by atoms with Gasteiger partial charge in [-0.05, 0) is 30.3 Å². The molecule has 0 saturated carbocycles. The fraction of sp³-hybridized carbons (Fsp3) is 0.154. The molecule has 0 unspecified atom stereocenters. The Hall–Kier alpha value is -1.60. The molecule has 0 aliphatic heterocycles. The first-order valence-electron chi connectivity index (χ1n) is 5.61. The minimum absolute atomic E-state index is 0.0387. The number of hydrogen-bond acceptors (Lipinski definition) is 3. The Morgan fingerprint density at radius 1 is 1.10 bits per heavy atom. The maximum absolute atomic E-state index is 12.6. The molecule has 0 spiro atoms. The van der Waals surface area contributed by atoms with E-state index >= 15 is 0 Å². The zero-order valence-corrected chi connectivity index (χ0v) is 11.7. The van der Waals surface area contributed by atoms with Gasteiger partial charge in [0.1, 0.15) is 11.4 Å². The summed E-state index contributed by atoms with van der Waals surface area (Å²) in [5.41, 5.74) is 4.87. The number of rotatable bonds is 3. The molecule has 1 aromatic carbocycles. The number of alkyl halides is 3. The summed E-state index contributed by atoms with van der Waals surface area (Å²) >= 11 is 3.26. The zero-order valence-electron chi connectivity index (χ0n) is 10.1. The van der Waals surface area contributed by atoms with Crippen molar-refractivity contribution >= 4 is 15.9 Å². The van der Waals surface area contributed by atoms with Crippen LogP contribution in [-0.4, -0.2) is 4.98 Å². The Morgan fingerprint density at radius 3 is 2.30 bits per heavy atom. The molecule has 20 heavy (non-hydrogen) atoms. The van der Waals surface area contributed by atoms with Gasteiger partial charge in [0.25, 0.3) is 0 Å². The van der Waals surface area contributed by atoms with Crippen molar-refractivity contribution in [3.8, 4) is 11.6 Å². The van der Waals surface area contributed by atoms with E-state index in [2.05, 4.69) is 20.9 Å². The molecule has 2 N–H and O–H groups in total. The molecule has 2 rings (SSSR count). The summed E-state index contributed by atoms with van der Waals surface area (Å²) < 4.78 is 44.1. The van der Waals surface area contributed by atoms with Gasteiger partial charge in [0.15, 0.2) is 0 Å². The highest BCUT2D eigenvalue weighted by Crippen LogP contribution is 2.32. The third kappa shape index (κ3) is 3.49. The lowest BCUT2D eigenvalue weighted by Crippen LogP contribution is -2.10. The highest BCUT2D eigenvalue weighted by Gasteiger charge is 2.33. The third-order valence-corrected chi connectivity index (χ3v) is 3.01. The number of pyridine rings is 1. The van der Waals surface area contributed by atoms with Crippen LogP contribution in [0.5, 0.6) is 11.6 Å². The van der Waals surface area contributed by atoms with Gasteiger partial charge in [-0.15, -0.1) is 0 Å². The maximum Gasteiger partial charge on any atom is 0.433 e. The van der Waals surface area contributed by atoms with Gasteiger partial charge >= 0.3 is 6.18 Å². The second-order valence-corrected chi connectivity index (χ2v) is 4.83. The van der Waals surface area contributed by atoms with Crippen molar-refractivity contribution in [2.75, 3.05) is 0 Å². The van der Waals surface area contributed by atoms with Crippen molar-refractivity contribution in [3.63, 3.8) is 0 Å². The van der Waals surface area contributed by atoms with Crippen LogP contribution >= 0.6 is 15.9 Å². The summed E-state index contributed by atoms with van der Waals surface area (Å²) in [5, 5.41) is 0. The van der Waals surface area contributed by atoms with Crippen molar-refractivity contribution < 1.29 is 17.9 Å². The Kier molecular flexibility index (Phi) is 4.29. The van der Waals surface area contributed by atoms with Gasteiger partial charge in [-0.3, -0.25) is 0 Å². The maximum atomic E-state index is 12.6. The number of halogens is 4. The third-order valence-electron chi connectivity index (χ3n) is 2.48. The van der Waals surface area contributed by atoms with Crippen LogP contribution in [0.1, 0.15) is 11.3 Å². The standard InChI is InChI=1S/C13H10BrF3N2O/c14-9-2-4-10(5-3-9)20-12-8(7-18)1-6-11(19-12)13(15,16)17/h1-6H,7,18H2. The van der Waals surface area contributed by atoms with Crippen LogP contribution in [0.3, 0.4) is 0 Å². The molecule has 1 heterocycles. The average Bonchev–Trinajstić information content (AvgIpc) is 2.40. The SMILES string of the molecule is NCc1ccc(C(F)(F)F)nc1Oc1ccc(Br)cc1. The van der Waals surface area contributed by atoms with E-state index in [1.54, 1.807) is 24.3 Å². The lowest BCUT2D eigenvalue weighted by Gasteiger charge is -2.12. The quantitative estimate of drug-likeness (QED) is 0.909. The fourth-order valence-electron chi connectivity index (χ4n) is 1.49. The van der Waals surface area contributed by atoms with Gasteiger partial charge in [-0.2, -0.15) is 13.2 Å². The molecule has 106 valence electrons. The highest BCUT2D eigenvalue weighted by atomic mass is 79.9. The molecule has 3 nitrogen and oxygen atoms in total. The lowest BCUT2D eigenvalue weighted by molar-refractivity contribution is -0.141. The molecule has 0 radical (unpaired) electrons. The van der Waals surface area contributed by atoms with E-state index < -0.39 is 11.9 Å². The summed E-state index contributed by atoms with van der Waals surface area (Å²) in [6, 6.07) is 8.81. The number of nitrogens with two attached hydrogens (primary N) is 1. The first kappa shape index (κ1) is 14.8. The minimum atomic E-state index is -4.52. The van der Waals surface area contributed by atoms with Gasteiger partial charge < -0.3 is 10.5 Å². The van der Waals surface area contributed by atoms with Crippen LogP contribution in [0.2, 0.25) is 0 Å². The molecular weight excluding hydrogens is 337 g/mol. The predicted octanol–water partition coefficient (Wildman–Crippen LogP) is 4.11. The van der Waals surface area contributed by atoms with E-state index in [0.29, 0.717) is 11.3 Å². The molecular formula is C13H10BrF3N2O. The van der Waals surface area contributed by atoms with Crippen LogP contribution in [0, 0.1) is 0 Å². The molecule has 0 aliphatic carbocycles. The zero-order chi connectivity index (χ0) is 14.8. The van der Waals surface area contributed by atoms with E-state index in [9.17, 15) is 13.2 Å². The monoisotopic (exact) mass is 346 g/mol. The predicted molar refractivity (Wildman–Crippen MR) is 71.3 cm³/mol. The van der Waals surface area contributed by atoms with Crippen molar-refractivity contribution in [1.29, 1.82) is 0 Å². The molecule has 7 heteroatoms. The van der Waals surface area contributed by atoms with Gasteiger partial charge in [-0.25, -0.2) is 4.98 Å². The summed E-state index contributed by atoms with van der Waals surface area (Å²) in [4.78, 5) is 3.49. The lowest BCUT2D eigenvalue weighted by atomic mass is 10.2. The average molecular weight is 347 g/mol. The van der Waals surface area contributed by atoms with Crippen molar-refractivity contribution in [2.24, 2.45) is 5.73 Å². The van der Waals surface area contributed by atoms with Crippen LogP contribution in [0.4, 0.5) is 13.2 Å². The molecule has 0 atom stereocenters. The molecule has 0 aliphatic rings. The second-order valence-electron chi connectivity index (χ2n) is 3.92. The highest BCUT2D eigenvalue weighted by molar-refractivity contribution is 9.10. The van der Waals surface area contributed by atoms with E-state index in [1.165, 1.54) is 6.07 Å². The molecule has 2 aromatic rings. The topological polar surface area (TPSA) is 48.1 Å². The Morgan fingerprint density at radius 2 is 1.75 bits per heavy atom. The summed E-state index contributed by atoms with van der Waals surface area (Å²) in [6.07, 6.45) is -4.52. The van der Waals surface area contributed by atoms with Crippen LogP contribution < -0.4 is 10.5 Å². The first-order valence-corrected chi connectivity index (χ1v) is 6.40. The van der Waals surface area contributed by atoms with Gasteiger partial charge in [0.05, 0.1) is 0 Å². The Labute approximate surface area is 121 Å². The molecule has 0 saturated heterocycles. The van der Waals surface area contributed by atoms with E-state index in [-0.39, 0.29) is 12.4 Å². The van der Waals surface area contributed by atoms with Crippen LogP contribution in [0.25, 0.3) is 0 Å². The summed E-state index contributed by atoms with van der Waals surface area (Å²) in [6.45, 7) is 0.0387. The fourth-order valence-corrected chi connectivity index (χ4v) is 1.75. The second kappa shape index (κ2) is 5.80. The normalized spacial score (nSPS) is 11.4. The van der Waals surface area contributed by atoms with Gasteiger partial charge in [-0.1, -0.05) is 22.0 Å². The first-order chi connectivity index (χ1) is 9.40. The van der Waals surface area contributed by atoms with Crippen molar-refractivity contribution in [3.05, 3.63) is 52.1 Å². The number of ether oxygens (including phenoxy) is 1. The van der Waals surface area contributed by atoms with Crippen molar-refractivity contribution in [1.82, 2.24) is 4.98 Å². The van der Waals surface area contributed by atoms with Crippen LogP contribution in [-0.2, 0) is 12.7 Å². The van der Waals surface area contributed by atoms with Gasteiger partial charge in [0, 0.05) is 16.6 Å². The number of aromatic nitrogens is 1. The van der Waals surface area contributed by atoms with Crippen molar-refractivity contribution in [2.45, 2.75) is 12.7 Å².